The molecule has 0 saturated carbocycles. The zero-order valence-corrected chi connectivity index (χ0v) is 16.3. The molecule has 0 spiro atoms. The summed E-state index contributed by atoms with van der Waals surface area (Å²) in [7, 11) is 0. The Morgan fingerprint density at radius 1 is 0.571 bits per heavy atom. The summed E-state index contributed by atoms with van der Waals surface area (Å²) in [6, 6.07) is 24.0. The first kappa shape index (κ1) is 45.0. The van der Waals surface area contributed by atoms with Gasteiger partial charge in [0.1, 0.15) is 0 Å². The Hall–Kier alpha value is -1.96. The zero-order chi connectivity index (χ0) is 21.3. The largest absolute Gasteiger partial charge is 6.00 e. The molecule has 0 fully saturated rings. The van der Waals surface area contributed by atoms with Crippen LogP contribution in [0.4, 0.5) is 0 Å². The second-order valence-corrected chi connectivity index (χ2v) is 2.86. The predicted molar refractivity (Wildman–Crippen MR) is 80.3 cm³/mol. The summed E-state index contributed by atoms with van der Waals surface area (Å²) < 4.78 is 30.0. The van der Waals surface area contributed by atoms with E-state index in [2.05, 4.69) is 75.1 Å². The molecule has 0 unspecified atom stereocenters. The molecule has 0 heterocycles. The van der Waals surface area contributed by atoms with Crippen molar-refractivity contribution in [1.82, 2.24) is 0 Å². The van der Waals surface area contributed by atoms with Crippen LogP contribution < -0.4 is 0 Å². The average Bonchev–Trinajstić information content (AvgIpc) is 3.50. The fraction of sp³-hybridized carbons (Fsp3) is 0.200. The van der Waals surface area contributed by atoms with Gasteiger partial charge in [-0.15, -0.1) is 0 Å². The maximum atomic E-state index is 9.54. The van der Waals surface area contributed by atoms with E-state index in [-0.39, 0.29) is 34.1 Å². The van der Waals surface area contributed by atoms with E-state index in [1.807, 2.05) is 0 Å². The van der Waals surface area contributed by atoms with E-state index in [0.717, 1.165) is 12.8 Å². The molecule has 0 N–H and O–H groups in total. The molecule has 142 valence electrons. The van der Waals surface area contributed by atoms with E-state index in [1.54, 1.807) is 24.7 Å². The molecule has 6 nitrogen and oxygen atoms in total. The Bertz CT molecular complexity index is 405. The van der Waals surface area contributed by atoms with Crippen molar-refractivity contribution in [3.8, 4) is 0 Å². The first-order valence-electron chi connectivity index (χ1n) is 6.09. The Morgan fingerprint density at radius 2 is 0.786 bits per heavy atom. The topological polar surface area (TPSA) is 114 Å². The van der Waals surface area contributed by atoms with Gasteiger partial charge in [-0.2, -0.15) is 12.8 Å². The second kappa shape index (κ2) is 73.4. The van der Waals surface area contributed by atoms with Crippen LogP contribution in [0.5, 0.6) is 0 Å². The van der Waals surface area contributed by atoms with Crippen molar-refractivity contribution in [1.29, 1.82) is 0 Å². The van der Waals surface area contributed by atoms with Crippen LogP contribution in [0, 0.1) is 75.1 Å². The normalized spacial score (nSPS) is 5.57. The van der Waals surface area contributed by atoms with Gasteiger partial charge in [-0.3, -0.25) is 12.6 Å². The Labute approximate surface area is 187 Å². The SMILES string of the molecule is O=[C-]CCCC[C-]=O.[C-]#[O+].[C-]#[O+].[C-]#[O+].[C-]#[O+].[Fe+6].[Fe+6].[c-]1[c-][c-][cH-][c-]1.[c-]1[c-][c-][cH-][c-]1. The first-order valence-corrected chi connectivity index (χ1v) is 6.09. The third kappa shape index (κ3) is 75.1. The minimum Gasteiger partial charge on any atom is -0.999 e. The van der Waals surface area contributed by atoms with Crippen molar-refractivity contribution in [2.24, 2.45) is 0 Å². The summed E-state index contributed by atoms with van der Waals surface area (Å²) >= 11 is 0. The molecule has 0 radical (unpaired) electrons. The van der Waals surface area contributed by atoms with E-state index >= 15 is 0 Å². The maximum absolute atomic E-state index is 9.54. The van der Waals surface area contributed by atoms with Gasteiger partial charge in [-0.1, -0.05) is 12.8 Å². The molecule has 0 amide bonds. The standard InChI is InChI=1S/C6H8O2.2C5H.4CO.2Fe/c7-5-3-1-2-4-6-8;2*1-2-4-5-3-1;4*1-2;;/h1-4H2;2*1H;;;;;;/q-2;2*-5;;;;;2*+6. The van der Waals surface area contributed by atoms with Crippen LogP contribution in [0.15, 0.2) is 12.1 Å². The molecule has 0 aliphatic rings. The Kier molecular flexibility index (Phi) is 118. The molecule has 8 heteroatoms. The van der Waals surface area contributed by atoms with Gasteiger partial charge in [-0.25, -0.2) is 0 Å². The van der Waals surface area contributed by atoms with Crippen molar-refractivity contribution in [2.75, 3.05) is 0 Å². The van der Waals surface area contributed by atoms with Crippen molar-refractivity contribution in [3.63, 3.8) is 0 Å². The Morgan fingerprint density at radius 3 is 0.893 bits per heavy atom. The third-order valence-electron chi connectivity index (χ3n) is 1.51. The van der Waals surface area contributed by atoms with Gasteiger partial charge in [0.05, 0.1) is 0 Å². The molecule has 2 aromatic rings. The van der Waals surface area contributed by atoms with Crippen LogP contribution in [0.2, 0.25) is 0 Å². The summed E-state index contributed by atoms with van der Waals surface area (Å²) in [5.41, 5.74) is 0. The van der Waals surface area contributed by atoms with Gasteiger partial charge in [0.25, 0.3) is 0 Å². The zero-order valence-electron chi connectivity index (χ0n) is 14.1. The molecule has 0 bridgehead atoms. The van der Waals surface area contributed by atoms with Crippen LogP contribution in [0.3, 0.4) is 0 Å². The van der Waals surface area contributed by atoms with Crippen molar-refractivity contribution < 1.29 is 62.3 Å². The average molecular weight is 458 g/mol. The molecular formula is C20H10Fe2O6. The molecule has 0 aromatic heterocycles. The van der Waals surface area contributed by atoms with E-state index in [4.69, 9.17) is 18.6 Å². The van der Waals surface area contributed by atoms with Gasteiger partial charge in [-0.05, 0) is 0 Å². The molecule has 0 atom stereocenters. The fourth-order valence-corrected chi connectivity index (χ4v) is 0.755. The van der Waals surface area contributed by atoms with Gasteiger partial charge in [0, 0.05) is 0 Å². The second-order valence-electron chi connectivity index (χ2n) is 2.86. The van der Waals surface area contributed by atoms with E-state index in [0.29, 0.717) is 12.8 Å². The fourth-order valence-electron chi connectivity index (χ4n) is 0.755. The summed E-state index contributed by atoms with van der Waals surface area (Å²) in [6.45, 7) is 18.0. The number of rotatable bonds is 5. The predicted octanol–water partition coefficient (Wildman–Crippen LogP) is 1.82. The summed E-state index contributed by atoms with van der Waals surface area (Å²) in [5.74, 6) is 0. The molecule has 2 aromatic carbocycles. The van der Waals surface area contributed by atoms with Gasteiger partial charge in [0.15, 0.2) is 0 Å². The molecular weight excluding hydrogens is 448 g/mol. The third-order valence-corrected chi connectivity index (χ3v) is 1.51. The van der Waals surface area contributed by atoms with Crippen LogP contribution in [0.1, 0.15) is 25.7 Å². The quantitative estimate of drug-likeness (QED) is 0.295. The minimum atomic E-state index is 0. The van der Waals surface area contributed by atoms with Gasteiger partial charge >= 0.3 is 79.3 Å². The summed E-state index contributed by atoms with van der Waals surface area (Å²) in [6.07, 6.45) is 5.91. The molecule has 2 rings (SSSR count). The smallest absolute Gasteiger partial charge is 0.999 e. The maximum Gasteiger partial charge on any atom is 6.00 e. The first-order chi connectivity index (χ1) is 12.9. The van der Waals surface area contributed by atoms with E-state index < -0.39 is 0 Å². The van der Waals surface area contributed by atoms with E-state index in [9.17, 15) is 9.59 Å². The molecule has 0 aliphatic heterocycles. The van der Waals surface area contributed by atoms with Crippen molar-refractivity contribution >= 4 is 12.6 Å². The Balaban J connectivity index is -0.0000000394. The van der Waals surface area contributed by atoms with Crippen molar-refractivity contribution in [3.05, 3.63) is 87.3 Å². The van der Waals surface area contributed by atoms with Crippen LogP contribution in [-0.2, 0) is 62.3 Å². The van der Waals surface area contributed by atoms with Gasteiger partial charge in [0.2, 0.25) is 0 Å². The monoisotopic (exact) mass is 458 g/mol. The molecule has 28 heavy (non-hydrogen) atoms. The minimum absolute atomic E-state index is 0. The van der Waals surface area contributed by atoms with E-state index in [1.165, 1.54) is 0 Å². The van der Waals surface area contributed by atoms with Crippen molar-refractivity contribution in [2.45, 2.75) is 25.7 Å². The van der Waals surface area contributed by atoms with Crippen LogP contribution >= 0.6 is 0 Å². The number of carbonyl (C=O) groups excluding carboxylic acids is 2. The van der Waals surface area contributed by atoms with Crippen LogP contribution in [0.25, 0.3) is 0 Å². The number of unbranched alkanes of at least 4 members (excludes halogenated alkanes) is 3. The molecule has 0 aliphatic carbocycles. The molecule has 0 saturated heterocycles. The summed E-state index contributed by atoms with van der Waals surface area (Å²) in [4.78, 5) is 19.1. The van der Waals surface area contributed by atoms with Gasteiger partial charge < -0.3 is 70.3 Å². The summed E-state index contributed by atoms with van der Waals surface area (Å²) in [5, 5.41) is 0. The number of hydrogen-bond acceptors (Lipinski definition) is 2. The number of hydrogen-bond donors (Lipinski definition) is 0. The van der Waals surface area contributed by atoms with Crippen LogP contribution in [-0.4, -0.2) is 12.6 Å².